The van der Waals surface area contributed by atoms with Crippen molar-refractivity contribution in [1.82, 2.24) is 0 Å². The summed E-state index contributed by atoms with van der Waals surface area (Å²) in [5, 5.41) is 9.96. The Morgan fingerprint density at radius 1 is 1.18 bits per heavy atom. The summed E-state index contributed by atoms with van der Waals surface area (Å²) >= 11 is 0. The molecule has 0 saturated heterocycles. The van der Waals surface area contributed by atoms with E-state index in [1.165, 1.54) is 38.5 Å². The Kier molecular flexibility index (Phi) is 9.93. The van der Waals surface area contributed by atoms with Crippen molar-refractivity contribution in [3.05, 3.63) is 29.8 Å². The number of hydrogen-bond donors (Lipinski definition) is 2. The molecule has 0 aromatic heterocycles. The molecule has 1 aliphatic carbocycles. The SMILES string of the molecule is CC.NCCC(O)c1cccc(OCC2CCCCCC2)c1. The number of nitrogens with two attached hydrogens (primary N) is 1. The topological polar surface area (TPSA) is 55.5 Å². The summed E-state index contributed by atoms with van der Waals surface area (Å²) in [6.07, 6.45) is 8.10. The quantitative estimate of drug-likeness (QED) is 0.764. The molecule has 3 nitrogen and oxygen atoms in total. The van der Waals surface area contributed by atoms with Crippen LogP contribution in [0.5, 0.6) is 5.75 Å². The molecule has 0 aliphatic heterocycles. The lowest BCUT2D eigenvalue weighted by Gasteiger charge is -2.16. The zero-order valence-electron chi connectivity index (χ0n) is 14.3. The van der Waals surface area contributed by atoms with Gasteiger partial charge in [-0.25, -0.2) is 0 Å². The van der Waals surface area contributed by atoms with Gasteiger partial charge in [0.15, 0.2) is 0 Å². The van der Waals surface area contributed by atoms with Crippen molar-refractivity contribution in [1.29, 1.82) is 0 Å². The lowest BCUT2D eigenvalue weighted by atomic mass is 10.0. The van der Waals surface area contributed by atoms with Gasteiger partial charge in [0.25, 0.3) is 0 Å². The summed E-state index contributed by atoms with van der Waals surface area (Å²) in [5.74, 6) is 1.55. The van der Waals surface area contributed by atoms with Gasteiger partial charge in [0.2, 0.25) is 0 Å². The molecule has 1 unspecified atom stereocenters. The smallest absolute Gasteiger partial charge is 0.119 e. The van der Waals surface area contributed by atoms with Gasteiger partial charge < -0.3 is 15.6 Å². The predicted octanol–water partition coefficient (Wildman–Crippen LogP) is 4.44. The molecule has 1 saturated carbocycles. The molecular formula is C19H33NO2. The fourth-order valence-electron chi connectivity index (χ4n) is 2.88. The summed E-state index contributed by atoms with van der Waals surface area (Å²) in [7, 11) is 0. The Balaban J connectivity index is 0.00000116. The van der Waals surface area contributed by atoms with Crippen LogP contribution in [0, 0.1) is 5.92 Å². The van der Waals surface area contributed by atoms with E-state index in [4.69, 9.17) is 10.5 Å². The first kappa shape index (κ1) is 19.0. The molecule has 0 amide bonds. The molecule has 126 valence electrons. The molecule has 3 N–H and O–H groups in total. The molecule has 1 aliphatic rings. The number of aliphatic hydroxyl groups is 1. The first-order chi connectivity index (χ1) is 10.8. The standard InChI is InChI=1S/C17H27NO2.C2H6/c18-11-10-17(19)15-8-5-9-16(12-15)20-13-14-6-3-1-2-4-7-14;1-2/h5,8-9,12,14,17,19H,1-4,6-7,10-11,13,18H2;1-2H3. The van der Waals surface area contributed by atoms with Crippen molar-refractivity contribution < 1.29 is 9.84 Å². The van der Waals surface area contributed by atoms with E-state index in [0.717, 1.165) is 17.9 Å². The maximum absolute atomic E-state index is 9.96. The van der Waals surface area contributed by atoms with Crippen molar-refractivity contribution in [3.8, 4) is 5.75 Å². The molecular weight excluding hydrogens is 274 g/mol. The van der Waals surface area contributed by atoms with Gasteiger partial charge in [-0.15, -0.1) is 0 Å². The molecule has 3 heteroatoms. The molecule has 1 aromatic rings. The third kappa shape index (κ3) is 6.80. The highest BCUT2D eigenvalue weighted by atomic mass is 16.5. The van der Waals surface area contributed by atoms with Gasteiger partial charge in [-0.05, 0) is 49.4 Å². The van der Waals surface area contributed by atoms with Crippen molar-refractivity contribution in [2.45, 2.75) is 64.9 Å². The van der Waals surface area contributed by atoms with Crippen molar-refractivity contribution in [2.24, 2.45) is 11.7 Å². The van der Waals surface area contributed by atoms with Gasteiger partial charge >= 0.3 is 0 Å². The van der Waals surface area contributed by atoms with Crippen LogP contribution in [-0.2, 0) is 0 Å². The van der Waals surface area contributed by atoms with Gasteiger partial charge in [-0.3, -0.25) is 0 Å². The molecule has 0 bridgehead atoms. The number of benzene rings is 1. The fraction of sp³-hybridized carbons (Fsp3) is 0.684. The van der Waals surface area contributed by atoms with Crippen LogP contribution in [0.1, 0.15) is 70.5 Å². The van der Waals surface area contributed by atoms with Gasteiger partial charge in [-0.1, -0.05) is 51.7 Å². The lowest BCUT2D eigenvalue weighted by molar-refractivity contribution is 0.169. The van der Waals surface area contributed by atoms with Crippen LogP contribution < -0.4 is 10.5 Å². The molecule has 0 spiro atoms. The highest BCUT2D eigenvalue weighted by molar-refractivity contribution is 5.29. The van der Waals surface area contributed by atoms with Gasteiger partial charge in [0, 0.05) is 0 Å². The first-order valence-corrected chi connectivity index (χ1v) is 8.90. The fourth-order valence-corrected chi connectivity index (χ4v) is 2.88. The van der Waals surface area contributed by atoms with E-state index < -0.39 is 6.10 Å². The highest BCUT2D eigenvalue weighted by Crippen LogP contribution is 2.25. The summed E-state index contributed by atoms with van der Waals surface area (Å²) in [6, 6.07) is 7.78. The number of hydrogen-bond acceptors (Lipinski definition) is 3. The largest absolute Gasteiger partial charge is 0.493 e. The molecule has 2 rings (SSSR count). The molecule has 0 radical (unpaired) electrons. The van der Waals surface area contributed by atoms with Crippen LogP contribution in [0.15, 0.2) is 24.3 Å². The Morgan fingerprint density at radius 2 is 1.86 bits per heavy atom. The van der Waals surface area contributed by atoms with Crippen molar-refractivity contribution >= 4 is 0 Å². The maximum Gasteiger partial charge on any atom is 0.119 e. The van der Waals surface area contributed by atoms with E-state index in [2.05, 4.69) is 0 Å². The van der Waals surface area contributed by atoms with Crippen LogP contribution >= 0.6 is 0 Å². The minimum absolute atomic E-state index is 0.485. The van der Waals surface area contributed by atoms with E-state index in [-0.39, 0.29) is 0 Å². The van der Waals surface area contributed by atoms with E-state index in [0.29, 0.717) is 18.9 Å². The monoisotopic (exact) mass is 307 g/mol. The Bertz CT molecular complexity index is 387. The summed E-state index contributed by atoms with van der Waals surface area (Å²) in [6.45, 7) is 5.30. The Labute approximate surface area is 135 Å². The van der Waals surface area contributed by atoms with Gasteiger partial charge in [0.05, 0.1) is 12.7 Å². The highest BCUT2D eigenvalue weighted by Gasteiger charge is 2.13. The number of ether oxygens (including phenoxy) is 1. The minimum atomic E-state index is -0.485. The second-order valence-electron chi connectivity index (χ2n) is 5.83. The van der Waals surface area contributed by atoms with Crippen molar-refractivity contribution in [3.63, 3.8) is 0 Å². The second-order valence-corrected chi connectivity index (χ2v) is 5.83. The first-order valence-electron chi connectivity index (χ1n) is 8.90. The second kappa shape index (κ2) is 11.5. The minimum Gasteiger partial charge on any atom is -0.493 e. The van der Waals surface area contributed by atoms with E-state index in [1.807, 2.05) is 38.1 Å². The van der Waals surface area contributed by atoms with Crippen LogP contribution in [0.4, 0.5) is 0 Å². The van der Waals surface area contributed by atoms with E-state index in [9.17, 15) is 5.11 Å². The average molecular weight is 307 g/mol. The van der Waals surface area contributed by atoms with Gasteiger partial charge in [-0.2, -0.15) is 0 Å². The lowest BCUT2D eigenvalue weighted by Crippen LogP contribution is -2.11. The average Bonchev–Trinajstić information content (AvgIpc) is 2.84. The summed E-state index contributed by atoms with van der Waals surface area (Å²) in [4.78, 5) is 0. The maximum atomic E-state index is 9.96. The molecule has 0 heterocycles. The third-order valence-electron chi connectivity index (χ3n) is 4.14. The van der Waals surface area contributed by atoms with Crippen LogP contribution in [0.25, 0.3) is 0 Å². The summed E-state index contributed by atoms with van der Waals surface area (Å²) < 4.78 is 5.93. The zero-order valence-corrected chi connectivity index (χ0v) is 14.3. The molecule has 1 fully saturated rings. The Hall–Kier alpha value is -1.06. The van der Waals surface area contributed by atoms with E-state index in [1.54, 1.807) is 0 Å². The third-order valence-corrected chi connectivity index (χ3v) is 4.14. The number of aliphatic hydroxyl groups excluding tert-OH is 1. The predicted molar refractivity (Wildman–Crippen MR) is 93.1 cm³/mol. The van der Waals surface area contributed by atoms with Crippen LogP contribution in [-0.4, -0.2) is 18.3 Å². The molecule has 1 atom stereocenters. The van der Waals surface area contributed by atoms with Crippen molar-refractivity contribution in [2.75, 3.05) is 13.2 Å². The van der Waals surface area contributed by atoms with Crippen LogP contribution in [0.2, 0.25) is 0 Å². The van der Waals surface area contributed by atoms with Gasteiger partial charge in [0.1, 0.15) is 5.75 Å². The molecule has 1 aromatic carbocycles. The summed E-state index contributed by atoms with van der Waals surface area (Å²) in [5.41, 5.74) is 6.38. The zero-order chi connectivity index (χ0) is 16.2. The normalized spacial score (nSPS) is 17.1. The van der Waals surface area contributed by atoms with E-state index >= 15 is 0 Å². The van der Waals surface area contributed by atoms with Crippen LogP contribution in [0.3, 0.4) is 0 Å². The Morgan fingerprint density at radius 3 is 2.50 bits per heavy atom. The number of rotatable bonds is 6. The molecule has 22 heavy (non-hydrogen) atoms.